The van der Waals surface area contributed by atoms with Crippen molar-refractivity contribution < 1.29 is 10.0 Å². The van der Waals surface area contributed by atoms with Gasteiger partial charge in [0.15, 0.2) is 0 Å². The molecule has 23 heavy (non-hydrogen) atoms. The highest BCUT2D eigenvalue weighted by atomic mass is 35.5. The van der Waals surface area contributed by atoms with Crippen molar-refractivity contribution >= 4 is 40.5 Å². The molecule has 1 N–H and O–H groups in total. The third kappa shape index (κ3) is 2.47. The van der Waals surface area contributed by atoms with Crippen LogP contribution in [0.1, 0.15) is 29.8 Å². The van der Waals surface area contributed by atoms with E-state index in [-0.39, 0.29) is 5.91 Å². The van der Waals surface area contributed by atoms with Gasteiger partial charge in [0.2, 0.25) is 0 Å². The van der Waals surface area contributed by atoms with E-state index in [1.54, 1.807) is 38.1 Å². The molecule has 0 spiro atoms. The van der Waals surface area contributed by atoms with E-state index in [4.69, 9.17) is 23.2 Å². The molecule has 1 amide bonds. The maximum Gasteiger partial charge on any atom is 0.262 e. The van der Waals surface area contributed by atoms with Crippen LogP contribution in [0.5, 0.6) is 0 Å². The van der Waals surface area contributed by atoms with Gasteiger partial charge in [-0.1, -0.05) is 29.3 Å². The number of halogens is 2. The molecule has 0 radical (unpaired) electrons. The van der Waals surface area contributed by atoms with Crippen molar-refractivity contribution in [2.45, 2.75) is 26.4 Å². The van der Waals surface area contributed by atoms with Gasteiger partial charge in [-0.15, -0.1) is 0 Å². The Balaban J connectivity index is 2.19. The summed E-state index contributed by atoms with van der Waals surface area (Å²) >= 11 is 12.2. The molecule has 2 aromatic carbocycles. The normalized spacial score (nSPS) is 16.5. The van der Waals surface area contributed by atoms with Crippen LogP contribution in [-0.4, -0.2) is 16.8 Å². The Labute approximate surface area is 144 Å². The highest BCUT2D eigenvalue weighted by molar-refractivity contribution is 6.32. The fourth-order valence-electron chi connectivity index (χ4n) is 2.77. The van der Waals surface area contributed by atoms with Crippen molar-refractivity contribution in [1.82, 2.24) is 0 Å². The lowest BCUT2D eigenvalue weighted by atomic mass is 10.00. The fraction of sp³-hybridized carbons (Fsp3) is 0.235. The Bertz CT molecular complexity index is 805. The Morgan fingerprint density at radius 2 is 1.78 bits per heavy atom. The zero-order valence-electron chi connectivity index (χ0n) is 13.0. The summed E-state index contributed by atoms with van der Waals surface area (Å²) in [6.45, 7) is 5.40. The summed E-state index contributed by atoms with van der Waals surface area (Å²) in [7, 11) is 0. The molecule has 0 atom stereocenters. The molecule has 120 valence electrons. The number of aryl methyl sites for hydroxylation is 1. The van der Waals surface area contributed by atoms with Crippen LogP contribution in [0, 0.1) is 6.92 Å². The second-order valence-electron chi connectivity index (χ2n) is 6.04. The van der Waals surface area contributed by atoms with Gasteiger partial charge in [-0.05, 0) is 56.7 Å². The monoisotopic (exact) mass is 350 g/mol. The number of fused-ring (bicyclic) bond motifs is 1. The van der Waals surface area contributed by atoms with Gasteiger partial charge in [0, 0.05) is 15.7 Å². The van der Waals surface area contributed by atoms with Gasteiger partial charge in [0.05, 0.1) is 11.3 Å². The first-order valence-electron chi connectivity index (χ1n) is 7.13. The second-order valence-corrected chi connectivity index (χ2v) is 6.89. The minimum atomic E-state index is -0.993. The summed E-state index contributed by atoms with van der Waals surface area (Å²) in [5.41, 5.74) is 1.32. The topological polar surface area (TPSA) is 43.8 Å². The maximum absolute atomic E-state index is 13.0. The van der Waals surface area contributed by atoms with Gasteiger partial charge in [-0.25, -0.2) is 5.06 Å². The lowest BCUT2D eigenvalue weighted by Crippen LogP contribution is -2.62. The van der Waals surface area contributed by atoms with E-state index in [2.05, 4.69) is 0 Å². The van der Waals surface area contributed by atoms with Crippen molar-refractivity contribution in [2.75, 3.05) is 9.96 Å². The average Bonchev–Trinajstić information content (AvgIpc) is 2.48. The molecule has 0 saturated heterocycles. The number of carbonyl (C=O) groups excluding carboxylic acids is 1. The number of rotatable bonds is 1. The molecule has 0 unspecified atom stereocenters. The summed E-state index contributed by atoms with van der Waals surface area (Å²) in [5.74, 6) is -0.216. The molecule has 0 bridgehead atoms. The lowest BCUT2D eigenvalue weighted by molar-refractivity contribution is 0.0873. The average molecular weight is 351 g/mol. The van der Waals surface area contributed by atoms with Crippen LogP contribution in [0.25, 0.3) is 0 Å². The molecule has 4 nitrogen and oxygen atoms in total. The Kier molecular flexibility index (Phi) is 3.79. The van der Waals surface area contributed by atoms with E-state index in [0.29, 0.717) is 27.0 Å². The number of hydrogen-bond acceptors (Lipinski definition) is 3. The smallest absolute Gasteiger partial charge is 0.262 e. The molecule has 0 fully saturated rings. The first-order valence-corrected chi connectivity index (χ1v) is 7.88. The Morgan fingerprint density at radius 3 is 2.43 bits per heavy atom. The predicted octanol–water partition coefficient (Wildman–Crippen LogP) is 4.89. The molecule has 6 heteroatoms. The Hall–Kier alpha value is -1.75. The largest absolute Gasteiger partial charge is 0.286 e. The standard InChI is InChI=1S/C17H16Cl2N2O2/c1-10-4-6-12(9-14(10)19)20-16(22)13-7-5-11(18)8-15(13)21(23)17(20,2)3/h4-9,23H,1-3H3. The number of hydrogen-bond donors (Lipinski definition) is 1. The molecule has 1 heterocycles. The van der Waals surface area contributed by atoms with Crippen molar-refractivity contribution in [3.63, 3.8) is 0 Å². The van der Waals surface area contributed by atoms with E-state index in [0.717, 1.165) is 10.6 Å². The zero-order chi connectivity index (χ0) is 16.9. The minimum absolute atomic E-state index is 0.216. The van der Waals surface area contributed by atoms with Crippen LogP contribution in [0.3, 0.4) is 0 Å². The molecule has 1 aliphatic rings. The van der Waals surface area contributed by atoms with Crippen molar-refractivity contribution in [3.05, 3.63) is 57.6 Å². The molecule has 1 aliphatic heterocycles. The highest BCUT2D eigenvalue weighted by Crippen LogP contribution is 2.40. The third-order valence-electron chi connectivity index (χ3n) is 4.10. The summed E-state index contributed by atoms with van der Waals surface area (Å²) in [6, 6.07) is 10.2. The van der Waals surface area contributed by atoms with Gasteiger partial charge in [-0.3, -0.25) is 14.9 Å². The number of hydroxylamine groups is 1. The SMILES string of the molecule is Cc1ccc(N2C(=O)c3ccc(Cl)cc3N(O)C2(C)C)cc1Cl. The molecule has 0 aliphatic carbocycles. The first kappa shape index (κ1) is 16.1. The molecular weight excluding hydrogens is 335 g/mol. The molecule has 2 aromatic rings. The lowest BCUT2D eigenvalue weighted by Gasteiger charge is -2.48. The van der Waals surface area contributed by atoms with Crippen LogP contribution in [0.4, 0.5) is 11.4 Å². The number of amides is 1. The van der Waals surface area contributed by atoms with Crippen LogP contribution < -0.4 is 9.96 Å². The maximum atomic E-state index is 13.0. The minimum Gasteiger partial charge on any atom is -0.286 e. The van der Waals surface area contributed by atoms with Gasteiger partial charge in [0.25, 0.3) is 5.91 Å². The van der Waals surface area contributed by atoms with Gasteiger partial charge >= 0.3 is 0 Å². The quantitative estimate of drug-likeness (QED) is 0.795. The third-order valence-corrected chi connectivity index (χ3v) is 4.74. The van der Waals surface area contributed by atoms with E-state index in [1.807, 2.05) is 19.1 Å². The van der Waals surface area contributed by atoms with Gasteiger partial charge in [-0.2, -0.15) is 0 Å². The zero-order valence-corrected chi connectivity index (χ0v) is 14.5. The van der Waals surface area contributed by atoms with E-state index in [1.165, 1.54) is 4.90 Å². The number of nitrogens with zero attached hydrogens (tertiary/aromatic N) is 2. The van der Waals surface area contributed by atoms with Crippen LogP contribution in [0.2, 0.25) is 10.0 Å². The highest BCUT2D eigenvalue weighted by Gasteiger charge is 2.44. The molecule has 3 rings (SSSR count). The second kappa shape index (κ2) is 5.41. The van der Waals surface area contributed by atoms with Crippen LogP contribution >= 0.6 is 23.2 Å². The number of anilines is 2. The van der Waals surface area contributed by atoms with Crippen molar-refractivity contribution in [1.29, 1.82) is 0 Å². The number of benzene rings is 2. The summed E-state index contributed by atoms with van der Waals surface area (Å²) in [6.07, 6.45) is 0. The first-order chi connectivity index (χ1) is 10.7. The van der Waals surface area contributed by atoms with Crippen LogP contribution in [0.15, 0.2) is 36.4 Å². The summed E-state index contributed by atoms with van der Waals surface area (Å²) in [4.78, 5) is 14.5. The number of carbonyl (C=O) groups is 1. The van der Waals surface area contributed by atoms with Crippen LogP contribution in [-0.2, 0) is 0 Å². The van der Waals surface area contributed by atoms with E-state index >= 15 is 0 Å². The molecular formula is C17H16Cl2N2O2. The van der Waals surface area contributed by atoms with Gasteiger partial charge < -0.3 is 0 Å². The van der Waals surface area contributed by atoms with Gasteiger partial charge in [0.1, 0.15) is 5.66 Å². The van der Waals surface area contributed by atoms with E-state index in [9.17, 15) is 10.0 Å². The Morgan fingerprint density at radius 1 is 1.09 bits per heavy atom. The summed E-state index contributed by atoms with van der Waals surface area (Å²) < 4.78 is 0. The van der Waals surface area contributed by atoms with Crippen molar-refractivity contribution in [3.8, 4) is 0 Å². The van der Waals surface area contributed by atoms with E-state index < -0.39 is 5.66 Å². The fourth-order valence-corrected chi connectivity index (χ4v) is 3.11. The molecule has 0 aromatic heterocycles. The summed E-state index contributed by atoms with van der Waals surface area (Å²) in [5, 5.41) is 12.7. The molecule has 0 saturated carbocycles. The predicted molar refractivity (Wildman–Crippen MR) is 92.8 cm³/mol. The van der Waals surface area contributed by atoms with Crippen molar-refractivity contribution in [2.24, 2.45) is 0 Å².